The fraction of sp³-hybridized carbons (Fsp3) is 0.483. The van der Waals surface area contributed by atoms with Gasteiger partial charge in [0.05, 0.1) is 6.04 Å². The summed E-state index contributed by atoms with van der Waals surface area (Å²) in [7, 11) is 0. The quantitative estimate of drug-likeness (QED) is 0.254. The van der Waals surface area contributed by atoms with Gasteiger partial charge in [0.2, 0.25) is 5.91 Å². The van der Waals surface area contributed by atoms with Gasteiger partial charge in [0.1, 0.15) is 17.6 Å². The Balaban J connectivity index is 1.90. The highest BCUT2D eigenvalue weighted by atomic mass is 19.4. The van der Waals surface area contributed by atoms with Gasteiger partial charge in [-0.05, 0) is 81.3 Å². The number of para-hydroxylation sites is 1. The van der Waals surface area contributed by atoms with E-state index in [-0.39, 0.29) is 42.8 Å². The number of hydrogen-bond donors (Lipinski definition) is 0. The van der Waals surface area contributed by atoms with Gasteiger partial charge in [-0.25, -0.2) is 4.79 Å². The maximum atomic E-state index is 13.2. The normalized spacial score (nSPS) is 15.1. The highest BCUT2D eigenvalue weighted by Crippen LogP contribution is 2.41. The van der Waals surface area contributed by atoms with Crippen LogP contribution in [0.15, 0.2) is 42.5 Å². The number of aldehydes is 1. The Labute approximate surface area is 226 Å². The maximum Gasteiger partial charge on any atom is 0.573 e. The first-order valence-corrected chi connectivity index (χ1v) is 13.0. The minimum atomic E-state index is -4.90. The maximum absolute atomic E-state index is 13.2. The first-order valence-electron chi connectivity index (χ1n) is 13.0. The zero-order chi connectivity index (χ0) is 28.8. The minimum absolute atomic E-state index is 0.0614. The molecule has 2 aromatic carbocycles. The second-order valence-electron chi connectivity index (χ2n) is 10.5. The number of halogens is 3. The molecule has 1 aliphatic rings. The van der Waals surface area contributed by atoms with Crippen LogP contribution in [0.25, 0.3) is 0 Å². The van der Waals surface area contributed by atoms with Gasteiger partial charge in [-0.2, -0.15) is 0 Å². The number of alkyl halides is 3. The number of anilines is 1. The predicted octanol–water partition coefficient (Wildman–Crippen LogP) is 6.38. The molecule has 1 atom stereocenters. The molecule has 1 heterocycles. The Morgan fingerprint density at radius 1 is 1.08 bits per heavy atom. The molecule has 0 spiro atoms. The second-order valence-corrected chi connectivity index (χ2v) is 10.5. The lowest BCUT2D eigenvalue weighted by Crippen LogP contribution is -2.38. The predicted molar refractivity (Wildman–Crippen MR) is 141 cm³/mol. The number of carbonyl (C=O) groups is 3. The van der Waals surface area contributed by atoms with Gasteiger partial charge >= 0.3 is 12.5 Å². The molecule has 2 amide bonds. The third-order valence-corrected chi connectivity index (χ3v) is 6.31. The lowest BCUT2D eigenvalue weighted by atomic mass is 9.98. The Bertz CT molecular complexity index is 1180. The molecule has 10 heteroatoms. The van der Waals surface area contributed by atoms with Crippen molar-refractivity contribution in [1.29, 1.82) is 0 Å². The summed E-state index contributed by atoms with van der Waals surface area (Å²) in [4.78, 5) is 39.2. The summed E-state index contributed by atoms with van der Waals surface area (Å²) in [6, 6.07) is 11.5. The molecule has 0 aromatic heterocycles. The molecular formula is C29H35F3N2O5. The number of carbonyl (C=O) groups excluding carboxylic acids is 3. The molecule has 7 nitrogen and oxygen atoms in total. The van der Waals surface area contributed by atoms with Crippen molar-refractivity contribution in [1.82, 2.24) is 4.90 Å². The van der Waals surface area contributed by atoms with Crippen LogP contribution in [-0.4, -0.2) is 48.2 Å². The average Bonchev–Trinajstić information content (AvgIpc) is 3.22. The fourth-order valence-corrected chi connectivity index (χ4v) is 4.67. The summed E-state index contributed by atoms with van der Waals surface area (Å²) in [6.45, 7) is 7.02. The topological polar surface area (TPSA) is 76.2 Å². The highest BCUT2D eigenvalue weighted by Gasteiger charge is 2.35. The van der Waals surface area contributed by atoms with Crippen molar-refractivity contribution in [3.05, 3.63) is 59.2 Å². The van der Waals surface area contributed by atoms with Gasteiger partial charge in [0.15, 0.2) is 0 Å². The van der Waals surface area contributed by atoms with Gasteiger partial charge in [-0.15, -0.1) is 13.2 Å². The van der Waals surface area contributed by atoms with E-state index in [1.165, 1.54) is 17.9 Å². The van der Waals surface area contributed by atoms with Gasteiger partial charge in [-0.3, -0.25) is 4.79 Å². The van der Waals surface area contributed by atoms with Crippen molar-refractivity contribution in [2.75, 3.05) is 18.0 Å². The molecule has 0 saturated carbocycles. The summed E-state index contributed by atoms with van der Waals surface area (Å²) in [5, 5.41) is 0. The number of hydrogen-bond acceptors (Lipinski definition) is 5. The third-order valence-electron chi connectivity index (χ3n) is 6.31. The van der Waals surface area contributed by atoms with E-state index < -0.39 is 18.1 Å². The molecule has 0 N–H and O–H groups in total. The number of fused-ring (bicyclic) bond motifs is 1. The van der Waals surface area contributed by atoms with Crippen LogP contribution in [0.5, 0.6) is 5.75 Å². The molecule has 0 aliphatic carbocycles. The smallest absolute Gasteiger partial charge is 0.444 e. The molecular weight excluding hydrogens is 513 g/mol. The molecule has 1 aliphatic heterocycles. The van der Waals surface area contributed by atoms with Crippen molar-refractivity contribution in [2.45, 2.75) is 77.8 Å². The van der Waals surface area contributed by atoms with Crippen molar-refractivity contribution >= 4 is 24.0 Å². The summed E-state index contributed by atoms with van der Waals surface area (Å²) >= 11 is 0. The van der Waals surface area contributed by atoms with E-state index in [2.05, 4.69) is 4.74 Å². The number of amides is 2. The fourth-order valence-electron chi connectivity index (χ4n) is 4.67. The number of ether oxygens (including phenoxy) is 2. The van der Waals surface area contributed by atoms with E-state index in [0.717, 1.165) is 17.5 Å². The molecule has 2 aromatic rings. The van der Waals surface area contributed by atoms with Crippen LogP contribution >= 0.6 is 0 Å². The highest BCUT2D eigenvalue weighted by molar-refractivity contribution is 5.94. The summed E-state index contributed by atoms with van der Waals surface area (Å²) < 4.78 is 49.5. The Hall–Kier alpha value is -3.56. The number of nitrogens with zero attached hydrogens (tertiary/aromatic N) is 2. The van der Waals surface area contributed by atoms with E-state index in [0.29, 0.717) is 31.2 Å². The zero-order valence-electron chi connectivity index (χ0n) is 22.7. The van der Waals surface area contributed by atoms with Gasteiger partial charge in [0, 0.05) is 32.1 Å². The summed E-state index contributed by atoms with van der Waals surface area (Å²) in [6.07, 6.45) is -2.63. The summed E-state index contributed by atoms with van der Waals surface area (Å²) in [5.74, 6) is -0.533. The van der Waals surface area contributed by atoms with Crippen LogP contribution in [0.1, 0.15) is 69.7 Å². The van der Waals surface area contributed by atoms with E-state index >= 15 is 0 Å². The minimum Gasteiger partial charge on any atom is -0.444 e. The van der Waals surface area contributed by atoms with Crippen LogP contribution in [0.2, 0.25) is 0 Å². The lowest BCUT2D eigenvalue weighted by Gasteiger charge is -2.28. The Morgan fingerprint density at radius 3 is 2.44 bits per heavy atom. The molecule has 39 heavy (non-hydrogen) atoms. The van der Waals surface area contributed by atoms with Gasteiger partial charge in [-0.1, -0.05) is 24.3 Å². The van der Waals surface area contributed by atoms with Crippen molar-refractivity contribution in [3.63, 3.8) is 0 Å². The molecule has 0 radical (unpaired) electrons. The van der Waals surface area contributed by atoms with E-state index in [1.807, 2.05) is 24.3 Å². The van der Waals surface area contributed by atoms with Crippen molar-refractivity contribution < 1.29 is 37.0 Å². The SMILES string of the molecule is CC(=O)N1c2ccccc2CC1c1ccc(OC(F)(F)F)c(CCN(CCCCC=O)C(=O)OC(C)(C)C)c1. The Kier molecular flexibility index (Phi) is 9.63. The monoisotopic (exact) mass is 548 g/mol. The lowest BCUT2D eigenvalue weighted by molar-refractivity contribution is -0.274. The van der Waals surface area contributed by atoms with Gasteiger partial charge in [0.25, 0.3) is 0 Å². The Morgan fingerprint density at radius 2 is 1.79 bits per heavy atom. The van der Waals surface area contributed by atoms with E-state index in [4.69, 9.17) is 4.74 Å². The van der Waals surface area contributed by atoms with Crippen molar-refractivity contribution in [3.8, 4) is 5.75 Å². The summed E-state index contributed by atoms with van der Waals surface area (Å²) in [5.41, 5.74) is 1.92. The van der Waals surface area contributed by atoms with Gasteiger partial charge < -0.3 is 24.1 Å². The number of unbranched alkanes of at least 4 members (excludes halogenated alkanes) is 2. The number of rotatable bonds is 10. The molecule has 212 valence electrons. The van der Waals surface area contributed by atoms with Crippen LogP contribution in [-0.2, 0) is 27.2 Å². The standard InChI is InChI=1S/C29H35F3N2O5/c1-20(36)34-24-11-7-6-10-21(24)19-25(34)22-12-13-26(38-29(30,31)32)23(18-22)14-16-33(15-8-5-9-17-35)27(37)39-28(2,3)4/h6-7,10-13,17-18,25H,5,8-9,14-16,19H2,1-4H3. The largest absolute Gasteiger partial charge is 0.573 e. The van der Waals surface area contributed by atoms with E-state index in [1.54, 1.807) is 37.8 Å². The molecule has 1 unspecified atom stereocenters. The van der Waals surface area contributed by atoms with Crippen molar-refractivity contribution in [2.24, 2.45) is 0 Å². The van der Waals surface area contributed by atoms with Crippen LogP contribution in [0, 0.1) is 0 Å². The molecule has 0 saturated heterocycles. The number of benzene rings is 2. The van der Waals surface area contributed by atoms with E-state index in [9.17, 15) is 27.6 Å². The average molecular weight is 549 g/mol. The van der Waals surface area contributed by atoms with Crippen LogP contribution in [0.3, 0.4) is 0 Å². The molecule has 0 fully saturated rings. The first kappa shape index (κ1) is 30.0. The van der Waals surface area contributed by atoms with Crippen LogP contribution < -0.4 is 9.64 Å². The zero-order valence-corrected chi connectivity index (χ0v) is 22.7. The molecule has 0 bridgehead atoms. The second kappa shape index (κ2) is 12.5. The molecule has 3 rings (SSSR count). The van der Waals surface area contributed by atoms with Crippen LogP contribution in [0.4, 0.5) is 23.7 Å². The third kappa shape index (κ3) is 8.46. The first-order chi connectivity index (χ1) is 18.3.